The largest absolute Gasteiger partial charge is 0.351 e. The number of carbonyl (C=O) groups excluding carboxylic acids is 1. The Labute approximate surface area is 135 Å². The smallest absolute Gasteiger partial charge is 0.230 e. The second-order valence-electron chi connectivity index (χ2n) is 6.31. The summed E-state index contributed by atoms with van der Waals surface area (Å²) < 4.78 is 1.07. The van der Waals surface area contributed by atoms with Gasteiger partial charge in [0.25, 0.3) is 0 Å². The maximum Gasteiger partial charge on any atom is 0.230 e. The average molecular weight is 351 g/mol. The molecule has 1 saturated heterocycles. The summed E-state index contributed by atoms with van der Waals surface area (Å²) in [4.78, 5) is 13.0. The second kappa shape index (κ2) is 6.49. The molecular formula is C17H23BrN2O. The molecule has 1 heterocycles. The van der Waals surface area contributed by atoms with Crippen molar-refractivity contribution in [3.63, 3.8) is 0 Å². The molecule has 0 spiro atoms. The van der Waals surface area contributed by atoms with E-state index in [0.29, 0.717) is 6.04 Å². The third-order valence-corrected chi connectivity index (χ3v) is 5.45. The van der Waals surface area contributed by atoms with Crippen molar-refractivity contribution < 1.29 is 4.79 Å². The number of halogens is 1. The molecule has 1 unspecified atom stereocenters. The predicted octanol–water partition coefficient (Wildman–Crippen LogP) is 3.13. The van der Waals surface area contributed by atoms with Crippen LogP contribution < -0.4 is 10.6 Å². The van der Waals surface area contributed by atoms with Gasteiger partial charge >= 0.3 is 0 Å². The van der Waals surface area contributed by atoms with Gasteiger partial charge in [-0.3, -0.25) is 4.79 Å². The molecule has 2 aliphatic rings. The number of benzene rings is 1. The van der Waals surface area contributed by atoms with E-state index in [4.69, 9.17) is 0 Å². The molecule has 2 fully saturated rings. The van der Waals surface area contributed by atoms with Gasteiger partial charge < -0.3 is 10.6 Å². The zero-order chi connectivity index (χ0) is 14.7. The van der Waals surface area contributed by atoms with E-state index >= 15 is 0 Å². The molecular weight excluding hydrogens is 328 g/mol. The lowest BCUT2D eigenvalue weighted by atomic mass is 9.77. The average Bonchev–Trinajstić information content (AvgIpc) is 3.00. The Morgan fingerprint density at radius 3 is 2.52 bits per heavy atom. The van der Waals surface area contributed by atoms with Crippen LogP contribution in [0, 0.1) is 0 Å². The minimum atomic E-state index is -0.307. The van der Waals surface area contributed by atoms with Gasteiger partial charge in [-0.25, -0.2) is 0 Å². The summed E-state index contributed by atoms with van der Waals surface area (Å²) in [6.45, 7) is 1.98. The Hall–Kier alpha value is -0.870. The molecule has 3 rings (SSSR count). The van der Waals surface area contributed by atoms with E-state index in [1.807, 2.05) is 12.1 Å². The van der Waals surface area contributed by atoms with Crippen molar-refractivity contribution in [1.29, 1.82) is 0 Å². The number of hydrogen-bond acceptors (Lipinski definition) is 2. The first-order chi connectivity index (χ1) is 10.2. The second-order valence-corrected chi connectivity index (χ2v) is 7.23. The van der Waals surface area contributed by atoms with E-state index < -0.39 is 0 Å². The predicted molar refractivity (Wildman–Crippen MR) is 88.3 cm³/mol. The Morgan fingerprint density at radius 1 is 1.19 bits per heavy atom. The highest BCUT2D eigenvalue weighted by Crippen LogP contribution is 2.41. The van der Waals surface area contributed by atoms with E-state index in [2.05, 4.69) is 38.7 Å². The lowest BCUT2D eigenvalue weighted by Gasteiger charge is -2.32. The van der Waals surface area contributed by atoms with Crippen LogP contribution in [-0.4, -0.2) is 25.0 Å². The van der Waals surface area contributed by atoms with Crippen LogP contribution in [0.3, 0.4) is 0 Å². The van der Waals surface area contributed by atoms with Gasteiger partial charge in [0.1, 0.15) is 0 Å². The Kier molecular flexibility index (Phi) is 4.65. The van der Waals surface area contributed by atoms with Crippen LogP contribution in [0.5, 0.6) is 0 Å². The minimum absolute atomic E-state index is 0.232. The molecule has 3 nitrogen and oxygen atoms in total. The van der Waals surface area contributed by atoms with Gasteiger partial charge in [-0.1, -0.05) is 40.9 Å². The third kappa shape index (κ3) is 3.16. The first kappa shape index (κ1) is 15.0. The summed E-state index contributed by atoms with van der Waals surface area (Å²) in [5, 5.41) is 6.67. The maximum atomic E-state index is 13.0. The summed E-state index contributed by atoms with van der Waals surface area (Å²) in [6, 6.07) is 8.59. The number of nitrogens with one attached hydrogen (secondary N) is 2. The van der Waals surface area contributed by atoms with Gasteiger partial charge in [0, 0.05) is 17.1 Å². The van der Waals surface area contributed by atoms with Crippen LogP contribution in [0.15, 0.2) is 28.7 Å². The van der Waals surface area contributed by atoms with E-state index in [0.717, 1.165) is 56.1 Å². The molecule has 1 aliphatic heterocycles. The summed E-state index contributed by atoms with van der Waals surface area (Å²) in [6.07, 6.45) is 6.48. The summed E-state index contributed by atoms with van der Waals surface area (Å²) >= 11 is 3.48. The molecule has 1 saturated carbocycles. The molecule has 2 N–H and O–H groups in total. The van der Waals surface area contributed by atoms with Gasteiger partial charge in [0.15, 0.2) is 0 Å². The molecule has 1 aliphatic carbocycles. The van der Waals surface area contributed by atoms with Gasteiger partial charge in [-0.15, -0.1) is 0 Å². The highest BCUT2D eigenvalue weighted by molar-refractivity contribution is 9.10. The van der Waals surface area contributed by atoms with Crippen molar-refractivity contribution in [2.24, 2.45) is 0 Å². The molecule has 21 heavy (non-hydrogen) atoms. The molecule has 1 amide bonds. The van der Waals surface area contributed by atoms with Gasteiger partial charge in [0.05, 0.1) is 5.41 Å². The SMILES string of the molecule is O=C(NC1CCCNC1)C1(c2ccc(Br)cc2)CCCC1. The Balaban J connectivity index is 1.79. The topological polar surface area (TPSA) is 41.1 Å². The summed E-state index contributed by atoms with van der Waals surface area (Å²) in [5.74, 6) is 0.232. The molecule has 4 heteroatoms. The highest BCUT2D eigenvalue weighted by atomic mass is 79.9. The summed E-state index contributed by atoms with van der Waals surface area (Å²) in [7, 11) is 0. The third-order valence-electron chi connectivity index (χ3n) is 4.92. The van der Waals surface area contributed by atoms with Crippen LogP contribution in [0.2, 0.25) is 0 Å². The van der Waals surface area contributed by atoms with Crippen molar-refractivity contribution in [2.75, 3.05) is 13.1 Å². The normalized spacial score (nSPS) is 24.7. The lowest BCUT2D eigenvalue weighted by molar-refractivity contribution is -0.127. The van der Waals surface area contributed by atoms with Crippen LogP contribution in [0.4, 0.5) is 0 Å². The van der Waals surface area contributed by atoms with Crippen molar-refractivity contribution in [3.8, 4) is 0 Å². The number of hydrogen-bond donors (Lipinski definition) is 2. The number of amides is 1. The Morgan fingerprint density at radius 2 is 1.90 bits per heavy atom. The van der Waals surface area contributed by atoms with E-state index in [1.54, 1.807) is 0 Å². The van der Waals surface area contributed by atoms with Crippen LogP contribution in [0.1, 0.15) is 44.1 Å². The monoisotopic (exact) mass is 350 g/mol. The van der Waals surface area contributed by atoms with Gasteiger partial charge in [-0.05, 0) is 49.9 Å². The molecule has 1 aromatic carbocycles. The van der Waals surface area contributed by atoms with E-state index in [1.165, 1.54) is 5.56 Å². The van der Waals surface area contributed by atoms with E-state index in [-0.39, 0.29) is 11.3 Å². The Bertz CT molecular complexity index is 488. The van der Waals surface area contributed by atoms with Gasteiger partial charge in [-0.2, -0.15) is 0 Å². The first-order valence-electron chi connectivity index (χ1n) is 7.98. The fourth-order valence-electron chi connectivity index (χ4n) is 3.69. The standard InChI is InChI=1S/C17H23BrN2O/c18-14-7-5-13(6-8-14)17(9-1-2-10-17)16(21)20-15-4-3-11-19-12-15/h5-8,15,19H,1-4,9-12H2,(H,20,21). The first-order valence-corrected chi connectivity index (χ1v) is 8.78. The van der Waals surface area contributed by atoms with Crippen LogP contribution >= 0.6 is 15.9 Å². The van der Waals surface area contributed by atoms with Crippen LogP contribution in [0.25, 0.3) is 0 Å². The maximum absolute atomic E-state index is 13.0. The molecule has 0 aromatic heterocycles. The summed E-state index contributed by atoms with van der Waals surface area (Å²) in [5.41, 5.74) is 0.863. The van der Waals surface area contributed by atoms with Crippen molar-refractivity contribution in [1.82, 2.24) is 10.6 Å². The van der Waals surface area contributed by atoms with Crippen LogP contribution in [-0.2, 0) is 10.2 Å². The zero-order valence-corrected chi connectivity index (χ0v) is 13.9. The van der Waals surface area contributed by atoms with Crippen molar-refractivity contribution in [3.05, 3.63) is 34.3 Å². The molecule has 114 valence electrons. The molecule has 1 aromatic rings. The van der Waals surface area contributed by atoms with E-state index in [9.17, 15) is 4.79 Å². The van der Waals surface area contributed by atoms with Gasteiger partial charge in [0.2, 0.25) is 5.91 Å². The fourth-order valence-corrected chi connectivity index (χ4v) is 3.96. The van der Waals surface area contributed by atoms with Crippen molar-refractivity contribution in [2.45, 2.75) is 50.0 Å². The molecule has 1 atom stereocenters. The quantitative estimate of drug-likeness (QED) is 0.879. The lowest BCUT2D eigenvalue weighted by Crippen LogP contribution is -2.51. The number of rotatable bonds is 3. The van der Waals surface area contributed by atoms with Crippen molar-refractivity contribution >= 4 is 21.8 Å². The minimum Gasteiger partial charge on any atom is -0.351 e. The fraction of sp³-hybridized carbons (Fsp3) is 0.588. The molecule has 0 bridgehead atoms. The molecule has 0 radical (unpaired) electrons. The number of carbonyl (C=O) groups is 1. The highest BCUT2D eigenvalue weighted by Gasteiger charge is 2.43. The zero-order valence-electron chi connectivity index (χ0n) is 12.3. The number of piperidine rings is 1.